The number of nitrogens with zero attached hydrogens (tertiary/aromatic N) is 2. The van der Waals surface area contributed by atoms with E-state index in [1.165, 1.54) is 4.90 Å². The first kappa shape index (κ1) is 11.8. The summed E-state index contributed by atoms with van der Waals surface area (Å²) in [6, 6.07) is 3.90. The Morgan fingerprint density at radius 2 is 1.85 bits per heavy atom. The molecule has 0 radical (unpaired) electrons. The van der Waals surface area contributed by atoms with Gasteiger partial charge in [-0.2, -0.15) is 0 Å². The highest BCUT2D eigenvalue weighted by atomic mass is 16.2. The minimum Gasteiger partial charge on any atom is -0.277 e. The second kappa shape index (κ2) is 4.01. The van der Waals surface area contributed by atoms with E-state index < -0.39 is 0 Å². The van der Waals surface area contributed by atoms with Crippen molar-refractivity contribution in [3.8, 4) is 0 Å². The summed E-state index contributed by atoms with van der Waals surface area (Å²) in [6.07, 6.45) is 9.14. The average molecular weight is 269 g/mol. The second-order valence-corrected chi connectivity index (χ2v) is 6.14. The molecule has 3 aliphatic rings. The van der Waals surface area contributed by atoms with Gasteiger partial charge in [0.25, 0.3) is 0 Å². The van der Waals surface area contributed by atoms with E-state index >= 15 is 0 Å². The number of carbonyl (C=O) groups is 2. The number of likely N-dealkylation sites (tertiary alicyclic amines) is 1. The monoisotopic (exact) mass is 269 g/mol. The molecule has 102 valence electrons. The van der Waals surface area contributed by atoms with E-state index in [1.54, 1.807) is 0 Å². The first-order valence-corrected chi connectivity index (χ1v) is 7.13. The van der Waals surface area contributed by atoms with Crippen molar-refractivity contribution >= 4 is 11.8 Å². The topological polar surface area (TPSA) is 41.3 Å². The van der Waals surface area contributed by atoms with Gasteiger partial charge < -0.3 is 0 Å². The highest BCUT2D eigenvalue weighted by Crippen LogP contribution is 2.52. The number of amides is 2. The molecule has 0 spiro atoms. The number of carbonyl (C=O) groups excluding carboxylic acids is 2. The van der Waals surface area contributed by atoms with E-state index in [2.05, 4.69) is 12.2 Å². The SMILES string of the molecule is C[n+]1cccc(CN2C(=O)[C@@H]3[C@H](C2=O)[C@H]2C=C[C@@H]3C2)c1. The molecule has 1 saturated heterocycles. The van der Waals surface area contributed by atoms with E-state index in [9.17, 15) is 9.59 Å². The maximum absolute atomic E-state index is 12.5. The lowest BCUT2D eigenvalue weighted by molar-refractivity contribution is -0.672. The van der Waals surface area contributed by atoms with Gasteiger partial charge in [0.05, 0.1) is 18.4 Å². The number of imide groups is 1. The van der Waals surface area contributed by atoms with Gasteiger partial charge in [-0.1, -0.05) is 12.2 Å². The molecular weight excluding hydrogens is 252 g/mol. The van der Waals surface area contributed by atoms with Crippen molar-refractivity contribution in [3.63, 3.8) is 0 Å². The molecule has 2 bridgehead atoms. The molecule has 4 nitrogen and oxygen atoms in total. The second-order valence-electron chi connectivity index (χ2n) is 6.14. The largest absolute Gasteiger partial charge is 0.277 e. The van der Waals surface area contributed by atoms with Crippen molar-refractivity contribution in [3.05, 3.63) is 42.2 Å². The zero-order valence-electron chi connectivity index (χ0n) is 11.4. The summed E-state index contributed by atoms with van der Waals surface area (Å²) < 4.78 is 1.94. The fraction of sp³-hybridized carbons (Fsp3) is 0.438. The Morgan fingerprint density at radius 1 is 1.20 bits per heavy atom. The lowest BCUT2D eigenvalue weighted by Gasteiger charge is -2.16. The fourth-order valence-corrected chi connectivity index (χ4v) is 4.05. The minimum absolute atomic E-state index is 0.0309. The highest BCUT2D eigenvalue weighted by molar-refractivity contribution is 6.06. The lowest BCUT2D eigenvalue weighted by atomic mass is 9.85. The third-order valence-corrected chi connectivity index (χ3v) is 4.90. The van der Waals surface area contributed by atoms with Gasteiger partial charge in [0.2, 0.25) is 11.8 Å². The lowest BCUT2D eigenvalue weighted by Crippen LogP contribution is -2.34. The number of hydrogen-bond donors (Lipinski definition) is 0. The van der Waals surface area contributed by atoms with Crippen LogP contribution < -0.4 is 4.57 Å². The van der Waals surface area contributed by atoms with E-state index in [0.29, 0.717) is 18.4 Å². The van der Waals surface area contributed by atoms with E-state index in [-0.39, 0.29) is 23.7 Å². The molecule has 1 aromatic heterocycles. The standard InChI is InChI=1S/C16H17N2O2/c1-17-6-2-3-10(8-17)9-18-15(19)13-11-4-5-12(7-11)14(13)16(18)20/h2-6,8,11-14H,7,9H2,1H3/q+1/t11-,12+,13+,14-. The van der Waals surface area contributed by atoms with E-state index in [4.69, 9.17) is 0 Å². The van der Waals surface area contributed by atoms with Crippen molar-refractivity contribution in [2.45, 2.75) is 13.0 Å². The summed E-state index contributed by atoms with van der Waals surface area (Å²) in [7, 11) is 1.94. The number of aryl methyl sites for hydroxylation is 1. The number of hydrogen-bond acceptors (Lipinski definition) is 2. The third kappa shape index (κ3) is 1.51. The molecule has 4 atom stereocenters. The molecule has 2 amide bonds. The summed E-state index contributed by atoms with van der Waals surface area (Å²) in [6.45, 7) is 0.402. The zero-order chi connectivity index (χ0) is 13.9. The van der Waals surface area contributed by atoms with Gasteiger partial charge in [0.15, 0.2) is 12.4 Å². The zero-order valence-corrected chi connectivity index (χ0v) is 11.4. The molecule has 0 aromatic carbocycles. The number of rotatable bonds is 2. The molecule has 2 fully saturated rings. The van der Waals surface area contributed by atoms with Gasteiger partial charge in [-0.25, -0.2) is 4.57 Å². The Kier molecular flexibility index (Phi) is 2.37. The number of aromatic nitrogens is 1. The van der Waals surface area contributed by atoms with Gasteiger partial charge in [-0.05, 0) is 24.3 Å². The number of allylic oxidation sites excluding steroid dienone is 2. The molecule has 4 rings (SSSR count). The van der Waals surface area contributed by atoms with Gasteiger partial charge in [0.1, 0.15) is 7.05 Å². The molecule has 2 aliphatic carbocycles. The van der Waals surface area contributed by atoms with Crippen molar-refractivity contribution in [1.29, 1.82) is 0 Å². The van der Waals surface area contributed by atoms with Crippen LogP contribution in [0.15, 0.2) is 36.7 Å². The molecule has 0 N–H and O–H groups in total. The van der Waals surface area contributed by atoms with Crippen molar-refractivity contribution in [2.24, 2.45) is 30.7 Å². The van der Waals surface area contributed by atoms with Crippen LogP contribution in [0.4, 0.5) is 0 Å². The van der Waals surface area contributed by atoms with Crippen molar-refractivity contribution < 1.29 is 14.2 Å². The normalized spacial score (nSPS) is 34.1. The molecular formula is C16H17N2O2+. The Hall–Kier alpha value is -1.97. The number of pyridine rings is 1. The van der Waals surface area contributed by atoms with Crippen molar-refractivity contribution in [1.82, 2.24) is 4.90 Å². The molecule has 4 heteroatoms. The highest BCUT2D eigenvalue weighted by Gasteiger charge is 2.59. The summed E-state index contributed by atoms with van der Waals surface area (Å²) in [4.78, 5) is 26.6. The third-order valence-electron chi connectivity index (χ3n) is 4.90. The maximum Gasteiger partial charge on any atom is 0.234 e. The van der Waals surface area contributed by atoms with E-state index in [1.807, 2.05) is 36.1 Å². The van der Waals surface area contributed by atoms with Crippen LogP contribution in [0.1, 0.15) is 12.0 Å². The minimum atomic E-state index is -0.0880. The predicted molar refractivity (Wildman–Crippen MR) is 70.9 cm³/mol. The van der Waals surface area contributed by atoms with Crippen LogP contribution in [0, 0.1) is 23.7 Å². The maximum atomic E-state index is 12.5. The Labute approximate surface area is 117 Å². The van der Waals surface area contributed by atoms with Crippen LogP contribution in [-0.4, -0.2) is 16.7 Å². The van der Waals surface area contributed by atoms with Crippen LogP contribution in [0.5, 0.6) is 0 Å². The van der Waals surface area contributed by atoms with Crippen LogP contribution in [0.2, 0.25) is 0 Å². The molecule has 1 aliphatic heterocycles. The Morgan fingerprint density at radius 3 is 2.45 bits per heavy atom. The molecule has 0 unspecified atom stereocenters. The molecule has 1 aromatic rings. The van der Waals surface area contributed by atoms with Crippen LogP contribution >= 0.6 is 0 Å². The molecule has 2 heterocycles. The Bertz CT molecular complexity index is 607. The van der Waals surface area contributed by atoms with Crippen LogP contribution in [-0.2, 0) is 23.2 Å². The number of fused-ring (bicyclic) bond motifs is 5. The summed E-state index contributed by atoms with van der Waals surface area (Å²) >= 11 is 0. The van der Waals surface area contributed by atoms with E-state index in [0.717, 1.165) is 12.0 Å². The van der Waals surface area contributed by atoms with Crippen LogP contribution in [0.25, 0.3) is 0 Å². The summed E-state index contributed by atoms with van der Waals surface area (Å²) in [5.74, 6) is 0.466. The molecule has 20 heavy (non-hydrogen) atoms. The quantitative estimate of drug-likeness (QED) is 0.453. The fourth-order valence-electron chi connectivity index (χ4n) is 4.05. The summed E-state index contributed by atoms with van der Waals surface area (Å²) in [5, 5.41) is 0. The van der Waals surface area contributed by atoms with Gasteiger partial charge in [-0.15, -0.1) is 0 Å². The average Bonchev–Trinajstić information content (AvgIpc) is 3.09. The van der Waals surface area contributed by atoms with Gasteiger partial charge in [0, 0.05) is 11.6 Å². The van der Waals surface area contributed by atoms with Gasteiger partial charge in [-0.3, -0.25) is 14.5 Å². The van der Waals surface area contributed by atoms with Crippen LogP contribution in [0.3, 0.4) is 0 Å². The first-order chi connectivity index (χ1) is 9.65. The smallest absolute Gasteiger partial charge is 0.234 e. The predicted octanol–water partition coefficient (Wildman–Crippen LogP) is 0.818. The molecule has 1 saturated carbocycles. The first-order valence-electron chi connectivity index (χ1n) is 7.13. The van der Waals surface area contributed by atoms with Gasteiger partial charge >= 0.3 is 0 Å². The van der Waals surface area contributed by atoms with Crippen molar-refractivity contribution in [2.75, 3.05) is 0 Å². The Balaban J connectivity index is 1.62. The summed E-state index contributed by atoms with van der Waals surface area (Å²) in [5.41, 5.74) is 0.997.